The van der Waals surface area contributed by atoms with Gasteiger partial charge in [-0.2, -0.15) is 0 Å². The summed E-state index contributed by atoms with van der Waals surface area (Å²) in [5.41, 5.74) is 4.38. The lowest BCUT2D eigenvalue weighted by molar-refractivity contribution is -0.115. The topological polar surface area (TPSA) is 76.1 Å². The van der Waals surface area contributed by atoms with Crippen LogP contribution in [-0.2, 0) is 17.6 Å². The van der Waals surface area contributed by atoms with Crippen molar-refractivity contribution in [3.63, 3.8) is 0 Å². The third-order valence-electron chi connectivity index (χ3n) is 5.27. The minimum Gasteiger partial charge on any atom is -0.495 e. The summed E-state index contributed by atoms with van der Waals surface area (Å²) in [6.07, 6.45) is 2.78. The molecule has 172 valence electrons. The number of allylic oxidation sites excluding steroid dienone is 1. The first-order chi connectivity index (χ1) is 16.6. The molecule has 4 aromatic rings. The molecule has 0 spiro atoms. The van der Waals surface area contributed by atoms with Crippen LogP contribution in [0.2, 0.25) is 0 Å². The van der Waals surface area contributed by atoms with E-state index in [2.05, 4.69) is 22.2 Å². The molecule has 0 fully saturated rings. The first kappa shape index (κ1) is 23.2. The number of hydrogen-bond donors (Lipinski definition) is 2. The molecule has 7 heteroatoms. The second-order valence-electron chi connectivity index (χ2n) is 7.68. The Kier molecular flexibility index (Phi) is 7.34. The molecular formula is C27H26N4O2S. The van der Waals surface area contributed by atoms with Crippen LogP contribution in [0.15, 0.2) is 78.7 Å². The number of amides is 1. The predicted molar refractivity (Wildman–Crippen MR) is 139 cm³/mol. The number of aromatic nitrogens is 2. The summed E-state index contributed by atoms with van der Waals surface area (Å²) in [6.45, 7) is 5.86. The van der Waals surface area contributed by atoms with Crippen LogP contribution in [0.5, 0.6) is 5.75 Å². The van der Waals surface area contributed by atoms with Crippen LogP contribution in [0.25, 0.3) is 10.7 Å². The fourth-order valence-electron chi connectivity index (χ4n) is 3.57. The van der Waals surface area contributed by atoms with Crippen molar-refractivity contribution in [2.24, 2.45) is 0 Å². The van der Waals surface area contributed by atoms with Gasteiger partial charge in [-0.3, -0.25) is 4.79 Å². The Bertz CT molecular complexity index is 1280. The van der Waals surface area contributed by atoms with Crippen LogP contribution in [-0.4, -0.2) is 23.0 Å². The summed E-state index contributed by atoms with van der Waals surface area (Å²) in [5.74, 6) is 1.99. The zero-order valence-corrected chi connectivity index (χ0v) is 20.0. The number of nitrogens with zero attached hydrogens (tertiary/aromatic N) is 2. The van der Waals surface area contributed by atoms with E-state index < -0.39 is 0 Å². The summed E-state index contributed by atoms with van der Waals surface area (Å²) in [7, 11) is 1.58. The molecule has 0 saturated carbocycles. The van der Waals surface area contributed by atoms with E-state index in [4.69, 9.17) is 9.72 Å². The molecule has 0 saturated heterocycles. The number of nitrogens with one attached hydrogen (secondary N) is 2. The molecule has 6 nitrogen and oxygen atoms in total. The van der Waals surface area contributed by atoms with Gasteiger partial charge in [-0.05, 0) is 54.6 Å². The second-order valence-corrected chi connectivity index (χ2v) is 8.62. The normalized spacial score (nSPS) is 10.5. The predicted octanol–water partition coefficient (Wildman–Crippen LogP) is 6.18. The van der Waals surface area contributed by atoms with Crippen LogP contribution < -0.4 is 15.4 Å². The van der Waals surface area contributed by atoms with Crippen molar-refractivity contribution in [3.05, 3.63) is 95.5 Å². The zero-order chi connectivity index (χ0) is 23.9. The summed E-state index contributed by atoms with van der Waals surface area (Å²) in [4.78, 5) is 23.0. The lowest BCUT2D eigenvalue weighted by Crippen LogP contribution is -2.15. The molecule has 34 heavy (non-hydrogen) atoms. The molecular weight excluding hydrogens is 444 g/mol. The van der Waals surface area contributed by atoms with Gasteiger partial charge >= 0.3 is 0 Å². The van der Waals surface area contributed by atoms with E-state index in [1.54, 1.807) is 18.4 Å². The largest absolute Gasteiger partial charge is 0.495 e. The van der Waals surface area contributed by atoms with E-state index in [1.165, 1.54) is 0 Å². The van der Waals surface area contributed by atoms with Crippen LogP contribution in [0.4, 0.5) is 17.2 Å². The maximum absolute atomic E-state index is 12.5. The van der Waals surface area contributed by atoms with E-state index in [1.807, 2.05) is 79.0 Å². The van der Waals surface area contributed by atoms with Gasteiger partial charge in [0.2, 0.25) is 5.91 Å². The monoisotopic (exact) mass is 470 g/mol. The third kappa shape index (κ3) is 5.50. The summed E-state index contributed by atoms with van der Waals surface area (Å²) < 4.78 is 5.30. The van der Waals surface area contributed by atoms with Crippen molar-refractivity contribution >= 4 is 34.4 Å². The molecule has 0 aliphatic heterocycles. The highest BCUT2D eigenvalue weighted by Crippen LogP contribution is 2.28. The molecule has 1 amide bonds. The number of thiophene rings is 1. The van der Waals surface area contributed by atoms with Crippen molar-refractivity contribution in [1.29, 1.82) is 0 Å². The molecule has 0 unspecified atom stereocenters. The molecule has 0 aliphatic carbocycles. The van der Waals surface area contributed by atoms with Gasteiger partial charge in [0.15, 0.2) is 5.82 Å². The Labute approximate surface area is 203 Å². The average molecular weight is 471 g/mol. The lowest BCUT2D eigenvalue weighted by Gasteiger charge is -2.14. The highest BCUT2D eigenvalue weighted by molar-refractivity contribution is 7.13. The van der Waals surface area contributed by atoms with Crippen molar-refractivity contribution in [2.75, 3.05) is 17.7 Å². The third-order valence-corrected chi connectivity index (χ3v) is 6.13. The van der Waals surface area contributed by atoms with E-state index in [0.717, 1.165) is 33.2 Å². The highest BCUT2D eigenvalue weighted by Gasteiger charge is 2.13. The van der Waals surface area contributed by atoms with Gasteiger partial charge in [0.05, 0.1) is 24.1 Å². The highest BCUT2D eigenvalue weighted by atomic mass is 32.1. The van der Waals surface area contributed by atoms with E-state index in [-0.39, 0.29) is 12.3 Å². The molecule has 2 aromatic heterocycles. The molecule has 2 heterocycles. The van der Waals surface area contributed by atoms with Crippen LogP contribution in [0, 0.1) is 6.92 Å². The Morgan fingerprint density at radius 1 is 1.09 bits per heavy atom. The number of carbonyl (C=O) groups is 1. The van der Waals surface area contributed by atoms with Gasteiger partial charge < -0.3 is 15.4 Å². The number of aryl methyl sites for hydroxylation is 1. The number of ether oxygens (including phenoxy) is 1. The number of para-hydroxylation sites is 2. The zero-order valence-electron chi connectivity index (χ0n) is 19.2. The minimum absolute atomic E-state index is 0.106. The lowest BCUT2D eigenvalue weighted by atomic mass is 10.1. The maximum Gasteiger partial charge on any atom is 0.228 e. The summed E-state index contributed by atoms with van der Waals surface area (Å²) in [5, 5.41) is 8.35. The SMILES string of the molecule is C=CCc1c(C)nc(-c2cccs2)nc1Nc1ccc(CC(=O)Nc2ccccc2OC)cc1. The van der Waals surface area contributed by atoms with Gasteiger partial charge in [0, 0.05) is 16.9 Å². The Balaban J connectivity index is 1.49. The number of hydrogen-bond acceptors (Lipinski definition) is 6. The molecule has 0 radical (unpaired) electrons. The fourth-order valence-corrected chi connectivity index (χ4v) is 4.23. The number of anilines is 3. The van der Waals surface area contributed by atoms with Gasteiger partial charge in [-0.25, -0.2) is 9.97 Å². The first-order valence-electron chi connectivity index (χ1n) is 10.9. The van der Waals surface area contributed by atoms with Crippen LogP contribution >= 0.6 is 11.3 Å². The van der Waals surface area contributed by atoms with Gasteiger partial charge in [0.25, 0.3) is 0 Å². The minimum atomic E-state index is -0.106. The number of carbonyl (C=O) groups excluding carboxylic acids is 1. The second kappa shape index (κ2) is 10.8. The van der Waals surface area contributed by atoms with Crippen molar-refractivity contribution < 1.29 is 9.53 Å². The molecule has 0 aliphatic rings. The molecule has 2 aromatic carbocycles. The maximum atomic E-state index is 12.5. The number of rotatable bonds is 9. The van der Waals surface area contributed by atoms with E-state index >= 15 is 0 Å². The standard InChI is InChI=1S/C27H26N4O2S/c1-4-8-21-18(2)28-27(24-11-7-16-34-24)31-26(21)29-20-14-12-19(13-15-20)17-25(32)30-22-9-5-6-10-23(22)33-3/h4-7,9-16H,1,8,17H2,2-3H3,(H,30,32)(H,28,29,31). The van der Waals surface area contributed by atoms with Gasteiger partial charge in [-0.1, -0.05) is 36.4 Å². The van der Waals surface area contributed by atoms with Crippen molar-refractivity contribution in [1.82, 2.24) is 9.97 Å². The Hall–Kier alpha value is -3.97. The summed E-state index contributed by atoms with van der Waals surface area (Å²) in [6, 6.07) is 19.1. The molecule has 0 atom stereocenters. The van der Waals surface area contributed by atoms with Gasteiger partial charge in [0.1, 0.15) is 11.6 Å². The van der Waals surface area contributed by atoms with E-state index in [0.29, 0.717) is 23.7 Å². The Morgan fingerprint density at radius 3 is 2.59 bits per heavy atom. The fraction of sp³-hybridized carbons (Fsp3) is 0.148. The number of methoxy groups -OCH3 is 1. The first-order valence-corrected chi connectivity index (χ1v) is 11.8. The van der Waals surface area contributed by atoms with Gasteiger partial charge in [-0.15, -0.1) is 17.9 Å². The molecule has 0 bridgehead atoms. The quantitative estimate of drug-likeness (QED) is 0.286. The molecule has 4 rings (SSSR count). The Morgan fingerprint density at radius 2 is 1.88 bits per heavy atom. The number of benzene rings is 2. The van der Waals surface area contributed by atoms with E-state index in [9.17, 15) is 4.79 Å². The van der Waals surface area contributed by atoms with Crippen molar-refractivity contribution in [2.45, 2.75) is 19.8 Å². The smallest absolute Gasteiger partial charge is 0.228 e. The average Bonchev–Trinajstić information content (AvgIpc) is 3.38. The molecule has 2 N–H and O–H groups in total. The van der Waals surface area contributed by atoms with Crippen LogP contribution in [0.1, 0.15) is 16.8 Å². The van der Waals surface area contributed by atoms with Crippen LogP contribution in [0.3, 0.4) is 0 Å². The van der Waals surface area contributed by atoms with Crippen molar-refractivity contribution in [3.8, 4) is 16.5 Å². The summed E-state index contributed by atoms with van der Waals surface area (Å²) >= 11 is 1.61.